The predicted molar refractivity (Wildman–Crippen MR) is 91.7 cm³/mol. The lowest BCUT2D eigenvalue weighted by Crippen LogP contribution is -2.61. The average Bonchev–Trinajstić information content (AvgIpc) is 2.51. The van der Waals surface area contributed by atoms with Crippen LogP contribution < -0.4 is 0 Å². The van der Waals surface area contributed by atoms with Crippen molar-refractivity contribution >= 4 is 0 Å². The number of piperidine rings is 3. The van der Waals surface area contributed by atoms with Crippen molar-refractivity contribution in [2.75, 3.05) is 60.0 Å². The maximum atomic E-state index is 6.21. The number of hydrogen-bond acceptors (Lipinski definition) is 1. The molecule has 0 aromatic heterocycles. The number of likely N-dealkylation sites (N-methyl/N-ethyl adjacent to an activating group) is 1. The van der Waals surface area contributed by atoms with Gasteiger partial charge in [-0.2, -0.15) is 0 Å². The van der Waals surface area contributed by atoms with Crippen LogP contribution in [0.1, 0.15) is 51.4 Å². The Morgan fingerprint density at radius 3 is 2.36 bits per heavy atom. The summed E-state index contributed by atoms with van der Waals surface area (Å²) in [5.74, 6) is 0.825. The Bertz CT molecular complexity index is 349. The molecule has 0 aliphatic carbocycles. The third kappa shape index (κ3) is 3.85. The molecule has 3 fully saturated rings. The quantitative estimate of drug-likeness (QED) is 0.560. The Morgan fingerprint density at radius 1 is 0.818 bits per heavy atom. The topological polar surface area (TPSA) is 9.23 Å². The van der Waals surface area contributed by atoms with Crippen LogP contribution in [0.15, 0.2) is 0 Å². The van der Waals surface area contributed by atoms with Gasteiger partial charge >= 0.3 is 0 Å². The van der Waals surface area contributed by atoms with E-state index in [-0.39, 0.29) is 0 Å². The number of ether oxygens (including phenoxy) is 1. The van der Waals surface area contributed by atoms with Gasteiger partial charge in [0.1, 0.15) is 6.54 Å². The van der Waals surface area contributed by atoms with Gasteiger partial charge in [0, 0.05) is 12.3 Å². The van der Waals surface area contributed by atoms with Gasteiger partial charge in [-0.05, 0) is 44.9 Å². The van der Waals surface area contributed by atoms with E-state index in [9.17, 15) is 0 Å². The van der Waals surface area contributed by atoms with E-state index in [0.29, 0.717) is 0 Å². The van der Waals surface area contributed by atoms with Crippen molar-refractivity contribution in [3.8, 4) is 0 Å². The normalized spacial score (nSPS) is 38.5. The maximum Gasteiger partial charge on any atom is 0.102 e. The Morgan fingerprint density at radius 2 is 1.55 bits per heavy atom. The van der Waals surface area contributed by atoms with Gasteiger partial charge in [0.2, 0.25) is 0 Å². The monoisotopic (exact) mass is 310 g/mol. The first-order chi connectivity index (χ1) is 10.6. The number of nitrogens with zero attached hydrogens (tertiary/aromatic N) is 2. The van der Waals surface area contributed by atoms with Crippen molar-refractivity contribution in [2.24, 2.45) is 5.92 Å². The smallest absolute Gasteiger partial charge is 0.102 e. The molecule has 0 spiro atoms. The van der Waals surface area contributed by atoms with Crippen molar-refractivity contribution in [3.63, 3.8) is 0 Å². The van der Waals surface area contributed by atoms with Crippen LogP contribution in [-0.2, 0) is 4.74 Å². The van der Waals surface area contributed by atoms with Crippen LogP contribution in [0.3, 0.4) is 0 Å². The molecule has 0 N–H and O–H groups in total. The fourth-order valence-corrected chi connectivity index (χ4v) is 5.45. The fourth-order valence-electron chi connectivity index (χ4n) is 5.45. The highest BCUT2D eigenvalue weighted by Crippen LogP contribution is 2.36. The Kier molecular flexibility index (Phi) is 5.47. The number of hydrogen-bond donors (Lipinski definition) is 0. The zero-order valence-corrected chi connectivity index (χ0v) is 15.1. The number of fused-ring (bicyclic) bond motifs is 1. The van der Waals surface area contributed by atoms with Crippen molar-refractivity contribution in [2.45, 2.75) is 57.4 Å². The second-order valence-electron chi connectivity index (χ2n) is 8.82. The van der Waals surface area contributed by atoms with Crippen molar-refractivity contribution in [1.29, 1.82) is 0 Å². The molecule has 3 nitrogen and oxygen atoms in total. The molecule has 0 unspecified atom stereocenters. The van der Waals surface area contributed by atoms with Gasteiger partial charge in [-0.25, -0.2) is 0 Å². The molecule has 0 saturated carbocycles. The van der Waals surface area contributed by atoms with Crippen LogP contribution in [0.5, 0.6) is 0 Å². The summed E-state index contributed by atoms with van der Waals surface area (Å²) in [4.78, 5) is 0. The second kappa shape index (κ2) is 7.19. The SMILES string of the molecule is C[N+]1(CCOC[C@@H]2CCC[N@@+]3(C)CCCC[C@@H]23)CCCCC1. The molecule has 128 valence electrons. The van der Waals surface area contributed by atoms with Crippen LogP contribution in [0, 0.1) is 5.92 Å². The molecule has 0 aromatic rings. The van der Waals surface area contributed by atoms with Crippen LogP contribution in [-0.4, -0.2) is 75.0 Å². The minimum Gasteiger partial charge on any atom is -0.375 e. The van der Waals surface area contributed by atoms with Gasteiger partial charge in [0.25, 0.3) is 0 Å². The zero-order chi connectivity index (χ0) is 15.5. The molecule has 0 bridgehead atoms. The molecule has 22 heavy (non-hydrogen) atoms. The zero-order valence-electron chi connectivity index (χ0n) is 15.1. The minimum atomic E-state index is 0.825. The molecule has 3 rings (SSSR count). The van der Waals surface area contributed by atoms with Crippen molar-refractivity contribution in [1.82, 2.24) is 0 Å². The summed E-state index contributed by atoms with van der Waals surface area (Å²) in [5.41, 5.74) is 0. The van der Waals surface area contributed by atoms with Crippen LogP contribution in [0.4, 0.5) is 0 Å². The van der Waals surface area contributed by atoms with E-state index in [0.717, 1.165) is 25.2 Å². The lowest BCUT2D eigenvalue weighted by molar-refractivity contribution is -0.947. The molecule has 3 saturated heterocycles. The minimum absolute atomic E-state index is 0.825. The van der Waals surface area contributed by atoms with E-state index >= 15 is 0 Å². The molecular formula is C19H38N2O+2. The lowest BCUT2D eigenvalue weighted by Gasteiger charge is -2.51. The number of rotatable bonds is 5. The van der Waals surface area contributed by atoms with E-state index in [1.165, 1.54) is 93.1 Å². The third-order valence-corrected chi connectivity index (χ3v) is 7.01. The summed E-state index contributed by atoms with van der Waals surface area (Å²) >= 11 is 0. The Hall–Kier alpha value is -0.120. The number of quaternary nitrogens is 2. The van der Waals surface area contributed by atoms with E-state index in [4.69, 9.17) is 4.74 Å². The maximum absolute atomic E-state index is 6.21. The highest BCUT2D eigenvalue weighted by Gasteiger charge is 2.43. The highest BCUT2D eigenvalue weighted by molar-refractivity contribution is 4.78. The fraction of sp³-hybridized carbons (Fsp3) is 1.00. The average molecular weight is 311 g/mol. The molecule has 0 radical (unpaired) electrons. The van der Waals surface area contributed by atoms with Crippen molar-refractivity contribution in [3.05, 3.63) is 0 Å². The van der Waals surface area contributed by atoms with Crippen LogP contribution in [0.2, 0.25) is 0 Å². The van der Waals surface area contributed by atoms with Gasteiger partial charge in [-0.15, -0.1) is 0 Å². The molecular weight excluding hydrogens is 272 g/mol. The van der Waals surface area contributed by atoms with Gasteiger partial charge in [-0.3, -0.25) is 0 Å². The third-order valence-electron chi connectivity index (χ3n) is 7.01. The van der Waals surface area contributed by atoms with Crippen molar-refractivity contribution < 1.29 is 13.7 Å². The molecule has 3 aliphatic heterocycles. The summed E-state index contributed by atoms with van der Waals surface area (Å²) in [6.07, 6.45) is 11.4. The second-order valence-corrected chi connectivity index (χ2v) is 8.82. The van der Waals surface area contributed by atoms with E-state index < -0.39 is 0 Å². The van der Waals surface area contributed by atoms with Gasteiger partial charge < -0.3 is 13.7 Å². The summed E-state index contributed by atoms with van der Waals surface area (Å²) in [5, 5.41) is 0. The number of likely N-dealkylation sites (tertiary alicyclic amines) is 1. The van der Waals surface area contributed by atoms with Gasteiger partial charge in [0.05, 0.1) is 59.5 Å². The first-order valence-corrected chi connectivity index (χ1v) is 9.87. The van der Waals surface area contributed by atoms with Crippen LogP contribution in [0.25, 0.3) is 0 Å². The summed E-state index contributed by atoms with van der Waals surface area (Å²) < 4.78 is 8.81. The Labute approximate surface area is 137 Å². The highest BCUT2D eigenvalue weighted by atomic mass is 16.5. The predicted octanol–water partition coefficient (Wildman–Crippen LogP) is 3.04. The van der Waals surface area contributed by atoms with E-state index in [1.807, 2.05) is 0 Å². The molecule has 3 heteroatoms. The summed E-state index contributed by atoms with van der Waals surface area (Å²) in [6, 6.07) is 0.891. The molecule has 3 atom stereocenters. The molecule has 0 amide bonds. The lowest BCUT2D eigenvalue weighted by atomic mass is 9.82. The van der Waals surface area contributed by atoms with Gasteiger partial charge in [-0.1, -0.05) is 0 Å². The standard InChI is InChI=1S/C19H38N2O/c1-20(11-5-3-6-12-20)15-16-22-17-18-9-8-14-21(2)13-7-4-10-19(18)21/h18-19H,3-17H2,1-2H3/q+2/t18-,19-,21+/m0/s1. The van der Waals surface area contributed by atoms with Gasteiger partial charge in [0.15, 0.2) is 0 Å². The van der Waals surface area contributed by atoms with E-state index in [1.54, 1.807) is 0 Å². The van der Waals surface area contributed by atoms with Crippen LogP contribution >= 0.6 is 0 Å². The molecule has 0 aromatic carbocycles. The summed E-state index contributed by atoms with van der Waals surface area (Å²) in [7, 11) is 4.94. The molecule has 3 heterocycles. The van der Waals surface area contributed by atoms with E-state index in [2.05, 4.69) is 14.1 Å². The summed E-state index contributed by atoms with van der Waals surface area (Å²) in [6.45, 7) is 8.78. The Balaban J connectivity index is 1.43. The first-order valence-electron chi connectivity index (χ1n) is 9.87. The first kappa shape index (κ1) is 16.7. The molecule has 3 aliphatic rings. The largest absolute Gasteiger partial charge is 0.375 e.